The lowest BCUT2D eigenvalue weighted by Gasteiger charge is -2.07. The van der Waals surface area contributed by atoms with Crippen LogP contribution < -0.4 is 0 Å². The lowest BCUT2D eigenvalue weighted by Crippen LogP contribution is -2.07. The van der Waals surface area contributed by atoms with Gasteiger partial charge in [0.1, 0.15) is 5.03 Å². The Morgan fingerprint density at radius 1 is 1.27 bits per heavy atom. The van der Waals surface area contributed by atoms with E-state index in [0.29, 0.717) is 12.0 Å². The Labute approximate surface area is 97.6 Å². The van der Waals surface area contributed by atoms with E-state index in [0.717, 1.165) is 30.0 Å². The lowest BCUT2D eigenvalue weighted by atomic mass is 10.1. The van der Waals surface area contributed by atoms with E-state index in [9.17, 15) is 4.79 Å². The minimum Gasteiger partial charge on any atom is -0.294 e. The van der Waals surface area contributed by atoms with Crippen molar-refractivity contribution in [2.75, 3.05) is 6.26 Å². The molecule has 0 unspecified atom stereocenters. The highest BCUT2D eigenvalue weighted by Crippen LogP contribution is 2.27. The minimum atomic E-state index is 0.156. The number of aryl methyl sites for hydroxylation is 1. The first-order valence-corrected chi connectivity index (χ1v) is 6.46. The minimum absolute atomic E-state index is 0.156. The molecular weight excluding hydrogens is 232 g/mol. The van der Waals surface area contributed by atoms with Crippen molar-refractivity contribution in [3.8, 4) is 0 Å². The van der Waals surface area contributed by atoms with Crippen molar-refractivity contribution in [2.45, 2.75) is 30.7 Å². The number of halogens is 1. The van der Waals surface area contributed by atoms with E-state index in [-0.39, 0.29) is 11.1 Å². The smallest absolute Gasteiger partial charge is 0.223 e. The predicted octanol–water partition coefficient (Wildman–Crippen LogP) is 2.76. The summed E-state index contributed by atoms with van der Waals surface area (Å²) in [5, 5.41) is 0.963. The van der Waals surface area contributed by atoms with Crippen LogP contribution in [0.25, 0.3) is 0 Å². The molecule has 1 aromatic heterocycles. The number of thioether (sulfide) groups is 1. The van der Waals surface area contributed by atoms with Gasteiger partial charge in [0, 0.05) is 6.42 Å². The van der Waals surface area contributed by atoms with Gasteiger partial charge in [0.15, 0.2) is 5.78 Å². The van der Waals surface area contributed by atoms with Crippen LogP contribution in [0.3, 0.4) is 0 Å². The van der Waals surface area contributed by atoms with Crippen LogP contribution in [0, 0.1) is 0 Å². The Balaban J connectivity index is 2.58. The van der Waals surface area contributed by atoms with Crippen LogP contribution in [-0.2, 0) is 6.42 Å². The largest absolute Gasteiger partial charge is 0.294 e. The maximum Gasteiger partial charge on any atom is 0.223 e. The Hall–Kier alpha value is -0.610. The molecular formula is C10H11ClN2OS. The third-order valence-corrected chi connectivity index (χ3v) is 3.31. The summed E-state index contributed by atoms with van der Waals surface area (Å²) in [5.74, 6) is 0.156. The molecule has 0 aliphatic heterocycles. The average Bonchev–Trinajstić information content (AvgIpc) is 2.39. The van der Waals surface area contributed by atoms with Gasteiger partial charge in [0.2, 0.25) is 5.28 Å². The van der Waals surface area contributed by atoms with Gasteiger partial charge in [0.05, 0.1) is 11.3 Å². The summed E-state index contributed by atoms with van der Waals surface area (Å²) in [4.78, 5) is 20.1. The van der Waals surface area contributed by atoms with Crippen LogP contribution in [0.2, 0.25) is 5.28 Å². The fraction of sp³-hybridized carbons (Fsp3) is 0.500. The molecule has 0 amide bonds. The van der Waals surface area contributed by atoms with Crippen molar-refractivity contribution in [2.24, 2.45) is 0 Å². The standard InChI is InChI=1S/C10H11ClN2OS/c1-15-9-8-6(12-10(11)13-9)4-2-3-5-7(8)14/h2-5H2,1H3. The van der Waals surface area contributed by atoms with Crippen LogP contribution in [0.1, 0.15) is 35.3 Å². The third-order valence-electron chi connectivity index (χ3n) is 2.46. The third kappa shape index (κ3) is 2.16. The lowest BCUT2D eigenvalue weighted by molar-refractivity contribution is 0.0978. The number of Topliss-reactive ketones (excluding diaryl/α,β-unsaturated/α-hetero) is 1. The normalized spacial score (nSPS) is 16.0. The number of fused-ring (bicyclic) bond motifs is 1. The molecule has 0 spiro atoms. The second kappa shape index (κ2) is 4.49. The summed E-state index contributed by atoms with van der Waals surface area (Å²) in [6.07, 6.45) is 5.26. The average molecular weight is 243 g/mol. The van der Waals surface area contributed by atoms with E-state index in [2.05, 4.69) is 9.97 Å². The van der Waals surface area contributed by atoms with Crippen molar-refractivity contribution in [1.82, 2.24) is 9.97 Å². The predicted molar refractivity (Wildman–Crippen MR) is 60.7 cm³/mol. The van der Waals surface area contributed by atoms with Gasteiger partial charge in [-0.1, -0.05) is 0 Å². The van der Waals surface area contributed by atoms with Gasteiger partial charge in [0.25, 0.3) is 0 Å². The van der Waals surface area contributed by atoms with Crippen LogP contribution in [0.15, 0.2) is 5.03 Å². The van der Waals surface area contributed by atoms with E-state index in [4.69, 9.17) is 11.6 Å². The molecule has 0 aromatic carbocycles. The summed E-state index contributed by atoms with van der Waals surface area (Å²) < 4.78 is 0. The molecule has 1 heterocycles. The van der Waals surface area contributed by atoms with E-state index in [1.807, 2.05) is 6.26 Å². The number of carbonyl (C=O) groups is 1. The number of aromatic nitrogens is 2. The van der Waals surface area contributed by atoms with Crippen molar-refractivity contribution in [3.05, 3.63) is 16.5 Å². The van der Waals surface area contributed by atoms with Crippen molar-refractivity contribution < 1.29 is 4.79 Å². The van der Waals surface area contributed by atoms with Gasteiger partial charge in [-0.3, -0.25) is 4.79 Å². The molecule has 0 radical (unpaired) electrons. The second-order valence-corrected chi connectivity index (χ2v) is 4.59. The van der Waals surface area contributed by atoms with Crippen LogP contribution in [0.4, 0.5) is 0 Å². The molecule has 3 nitrogen and oxygen atoms in total. The first-order valence-electron chi connectivity index (χ1n) is 4.86. The SMILES string of the molecule is CSc1nc(Cl)nc2c1C(=O)CCCC2. The van der Waals surface area contributed by atoms with Gasteiger partial charge in [-0.05, 0) is 37.1 Å². The monoisotopic (exact) mass is 242 g/mol. The maximum absolute atomic E-state index is 11.9. The molecule has 15 heavy (non-hydrogen) atoms. The van der Waals surface area contributed by atoms with Crippen LogP contribution >= 0.6 is 23.4 Å². The molecule has 0 atom stereocenters. The molecule has 80 valence electrons. The number of carbonyl (C=O) groups excluding carboxylic acids is 1. The fourth-order valence-corrected chi connectivity index (χ4v) is 2.62. The number of nitrogens with zero attached hydrogens (tertiary/aromatic N) is 2. The Kier molecular flexibility index (Phi) is 3.26. The molecule has 0 bridgehead atoms. The number of rotatable bonds is 1. The van der Waals surface area contributed by atoms with Gasteiger partial charge in [-0.25, -0.2) is 9.97 Å². The zero-order chi connectivity index (χ0) is 10.8. The molecule has 2 rings (SSSR count). The maximum atomic E-state index is 11.9. The Bertz CT molecular complexity index is 409. The second-order valence-electron chi connectivity index (χ2n) is 3.45. The van der Waals surface area contributed by atoms with E-state index in [1.54, 1.807) is 0 Å². The van der Waals surface area contributed by atoms with Crippen molar-refractivity contribution in [1.29, 1.82) is 0 Å². The Morgan fingerprint density at radius 3 is 2.73 bits per heavy atom. The van der Waals surface area contributed by atoms with Crippen molar-refractivity contribution in [3.63, 3.8) is 0 Å². The molecule has 1 aliphatic rings. The first-order chi connectivity index (χ1) is 7.22. The van der Waals surface area contributed by atoms with E-state index < -0.39 is 0 Å². The highest BCUT2D eigenvalue weighted by molar-refractivity contribution is 7.98. The molecule has 1 aliphatic carbocycles. The number of hydrogen-bond donors (Lipinski definition) is 0. The van der Waals surface area contributed by atoms with Crippen molar-refractivity contribution >= 4 is 29.1 Å². The molecule has 0 N–H and O–H groups in total. The zero-order valence-electron chi connectivity index (χ0n) is 8.42. The van der Waals surface area contributed by atoms with Gasteiger partial charge >= 0.3 is 0 Å². The summed E-state index contributed by atoms with van der Waals surface area (Å²) in [6, 6.07) is 0. The summed E-state index contributed by atoms with van der Waals surface area (Å²) in [5.41, 5.74) is 1.52. The summed E-state index contributed by atoms with van der Waals surface area (Å²) in [7, 11) is 0. The molecule has 1 aromatic rings. The van der Waals surface area contributed by atoms with Crippen LogP contribution in [0.5, 0.6) is 0 Å². The molecule has 0 saturated heterocycles. The molecule has 0 fully saturated rings. The molecule has 5 heteroatoms. The first kappa shape index (κ1) is 10.9. The highest BCUT2D eigenvalue weighted by atomic mass is 35.5. The Morgan fingerprint density at radius 2 is 2.00 bits per heavy atom. The molecule has 0 saturated carbocycles. The van der Waals surface area contributed by atoms with Gasteiger partial charge < -0.3 is 0 Å². The number of hydrogen-bond acceptors (Lipinski definition) is 4. The van der Waals surface area contributed by atoms with E-state index >= 15 is 0 Å². The van der Waals surface area contributed by atoms with Gasteiger partial charge in [-0.15, -0.1) is 11.8 Å². The fourth-order valence-electron chi connectivity index (χ4n) is 1.77. The number of ketones is 1. The zero-order valence-corrected chi connectivity index (χ0v) is 9.99. The van der Waals surface area contributed by atoms with E-state index in [1.165, 1.54) is 11.8 Å². The summed E-state index contributed by atoms with van der Waals surface area (Å²) >= 11 is 7.27. The van der Waals surface area contributed by atoms with Gasteiger partial charge in [-0.2, -0.15) is 0 Å². The van der Waals surface area contributed by atoms with Crippen LogP contribution in [-0.4, -0.2) is 22.0 Å². The summed E-state index contributed by atoms with van der Waals surface area (Å²) in [6.45, 7) is 0. The highest BCUT2D eigenvalue weighted by Gasteiger charge is 2.22. The topological polar surface area (TPSA) is 42.9 Å². The quantitative estimate of drug-likeness (QED) is 0.329.